The topological polar surface area (TPSA) is 83.0 Å². The molecule has 8 heteroatoms. The van der Waals surface area contributed by atoms with Gasteiger partial charge in [-0.1, -0.05) is 12.1 Å². The highest BCUT2D eigenvalue weighted by Crippen LogP contribution is 2.36. The predicted octanol–water partition coefficient (Wildman–Crippen LogP) is 4.57. The highest BCUT2D eigenvalue weighted by molar-refractivity contribution is 7.16. The van der Waals surface area contributed by atoms with Crippen molar-refractivity contribution in [2.24, 2.45) is 0 Å². The summed E-state index contributed by atoms with van der Waals surface area (Å²) in [7, 11) is 0. The van der Waals surface area contributed by atoms with Gasteiger partial charge in [0.2, 0.25) is 5.91 Å². The minimum atomic E-state index is 0.150. The van der Waals surface area contributed by atoms with E-state index in [0.29, 0.717) is 13.0 Å². The van der Waals surface area contributed by atoms with Crippen LogP contribution in [-0.4, -0.2) is 44.9 Å². The van der Waals surface area contributed by atoms with Gasteiger partial charge in [-0.25, -0.2) is 9.97 Å². The molecular weight excluding hydrogens is 444 g/mol. The molecule has 0 aliphatic carbocycles. The maximum atomic E-state index is 12.7. The fraction of sp³-hybridized carbons (Fsp3) is 0.231. The van der Waals surface area contributed by atoms with E-state index in [4.69, 9.17) is 0 Å². The summed E-state index contributed by atoms with van der Waals surface area (Å²) >= 11 is 1.64. The Hall–Kier alpha value is -3.78. The lowest BCUT2D eigenvalue weighted by molar-refractivity contribution is -0.130. The lowest BCUT2D eigenvalue weighted by atomic mass is 9.96. The number of benzene rings is 1. The number of aromatic nitrogens is 3. The monoisotopic (exact) mass is 468 g/mol. The first kappa shape index (κ1) is 20.8. The third kappa shape index (κ3) is 4.12. The first-order valence-corrected chi connectivity index (χ1v) is 12.3. The highest BCUT2D eigenvalue weighted by atomic mass is 32.1. The molecule has 1 atom stereocenters. The van der Waals surface area contributed by atoms with Gasteiger partial charge in [-0.05, 0) is 47.9 Å². The number of fused-ring (bicyclic) bond motifs is 2. The zero-order valence-corrected chi connectivity index (χ0v) is 19.4. The highest BCUT2D eigenvalue weighted by Gasteiger charge is 2.29. The zero-order chi connectivity index (χ0) is 22.9. The third-order valence-corrected chi connectivity index (χ3v) is 7.30. The number of anilines is 3. The molecule has 7 nitrogen and oxygen atoms in total. The number of nitrogens with one attached hydrogen (secondary N) is 2. The number of carbonyl (C=O) groups excluding carboxylic acids is 1. The van der Waals surface area contributed by atoms with Gasteiger partial charge in [0.1, 0.15) is 5.82 Å². The summed E-state index contributed by atoms with van der Waals surface area (Å²) in [5.41, 5.74) is 8.53. The van der Waals surface area contributed by atoms with Crippen LogP contribution in [0.3, 0.4) is 0 Å². The van der Waals surface area contributed by atoms with Gasteiger partial charge >= 0.3 is 0 Å². The van der Waals surface area contributed by atoms with Crippen molar-refractivity contribution in [3.05, 3.63) is 83.3 Å². The SMILES string of the molecule is O=C(Cc1cccnc1)N1CC=C(C2Cc3c(Nc4ccc5ncsc5c4)ccnc3N2)CC1. The Labute approximate surface area is 201 Å². The Morgan fingerprint density at radius 2 is 2.18 bits per heavy atom. The molecule has 170 valence electrons. The van der Waals surface area contributed by atoms with Crippen LogP contribution in [0.4, 0.5) is 17.2 Å². The van der Waals surface area contributed by atoms with Crippen molar-refractivity contribution in [1.82, 2.24) is 19.9 Å². The number of hydrogen-bond acceptors (Lipinski definition) is 7. The van der Waals surface area contributed by atoms with Gasteiger partial charge in [-0.3, -0.25) is 9.78 Å². The van der Waals surface area contributed by atoms with Crippen molar-refractivity contribution in [2.45, 2.75) is 25.3 Å². The molecule has 2 N–H and O–H groups in total. The third-order valence-electron chi connectivity index (χ3n) is 6.51. The average Bonchev–Trinajstić information content (AvgIpc) is 3.52. The molecule has 2 aliphatic rings. The van der Waals surface area contributed by atoms with Gasteiger partial charge in [-0.15, -0.1) is 11.3 Å². The Balaban J connectivity index is 1.13. The van der Waals surface area contributed by atoms with Crippen LogP contribution in [0, 0.1) is 0 Å². The van der Waals surface area contributed by atoms with E-state index in [0.717, 1.165) is 47.7 Å². The minimum Gasteiger partial charge on any atom is -0.363 e. The molecule has 2 aliphatic heterocycles. The van der Waals surface area contributed by atoms with Gasteiger partial charge in [0.05, 0.1) is 28.2 Å². The molecular formula is C26H24N6OS. The molecule has 0 radical (unpaired) electrons. The Morgan fingerprint density at radius 1 is 1.21 bits per heavy atom. The molecule has 0 spiro atoms. The molecule has 0 saturated carbocycles. The van der Waals surface area contributed by atoms with E-state index < -0.39 is 0 Å². The predicted molar refractivity (Wildman–Crippen MR) is 135 cm³/mol. The quantitative estimate of drug-likeness (QED) is 0.418. The summed E-state index contributed by atoms with van der Waals surface area (Å²) in [6, 6.07) is 12.3. The number of nitrogens with zero attached hydrogens (tertiary/aromatic N) is 4. The van der Waals surface area contributed by atoms with Crippen molar-refractivity contribution < 1.29 is 4.79 Å². The van der Waals surface area contributed by atoms with Gasteiger partial charge in [0, 0.05) is 55.0 Å². The summed E-state index contributed by atoms with van der Waals surface area (Å²) in [6.07, 6.45) is 9.69. The molecule has 6 rings (SSSR count). The Bertz CT molecular complexity index is 1380. The fourth-order valence-electron chi connectivity index (χ4n) is 4.69. The van der Waals surface area contributed by atoms with E-state index in [9.17, 15) is 4.79 Å². The largest absolute Gasteiger partial charge is 0.363 e. The zero-order valence-electron chi connectivity index (χ0n) is 18.6. The van der Waals surface area contributed by atoms with Crippen LogP contribution in [-0.2, 0) is 17.6 Å². The maximum Gasteiger partial charge on any atom is 0.227 e. The number of pyridine rings is 2. The molecule has 34 heavy (non-hydrogen) atoms. The summed E-state index contributed by atoms with van der Waals surface area (Å²) < 4.78 is 1.17. The van der Waals surface area contributed by atoms with Crippen molar-refractivity contribution in [3.8, 4) is 0 Å². The smallest absolute Gasteiger partial charge is 0.227 e. The average molecular weight is 469 g/mol. The van der Waals surface area contributed by atoms with Crippen molar-refractivity contribution in [1.29, 1.82) is 0 Å². The van der Waals surface area contributed by atoms with Crippen molar-refractivity contribution in [3.63, 3.8) is 0 Å². The van der Waals surface area contributed by atoms with Gasteiger partial charge in [-0.2, -0.15) is 0 Å². The Kier molecular flexibility index (Phi) is 5.43. The van der Waals surface area contributed by atoms with E-state index in [2.05, 4.69) is 43.8 Å². The van der Waals surface area contributed by atoms with E-state index in [1.54, 1.807) is 23.7 Å². The van der Waals surface area contributed by atoms with E-state index >= 15 is 0 Å². The summed E-state index contributed by atoms with van der Waals surface area (Å²) in [6.45, 7) is 1.39. The second-order valence-electron chi connectivity index (χ2n) is 8.65. The molecule has 4 aromatic rings. The van der Waals surface area contributed by atoms with Crippen molar-refractivity contribution in [2.75, 3.05) is 23.7 Å². The molecule has 1 aromatic carbocycles. The number of thiazole rings is 1. The number of hydrogen-bond donors (Lipinski definition) is 2. The first-order chi connectivity index (χ1) is 16.7. The second-order valence-corrected chi connectivity index (χ2v) is 9.54. The van der Waals surface area contributed by atoms with E-state index in [-0.39, 0.29) is 11.9 Å². The Morgan fingerprint density at radius 3 is 3.03 bits per heavy atom. The van der Waals surface area contributed by atoms with Crippen LogP contribution in [0.1, 0.15) is 17.5 Å². The van der Waals surface area contributed by atoms with Crippen molar-refractivity contribution >= 4 is 44.7 Å². The molecule has 1 unspecified atom stereocenters. The van der Waals surface area contributed by atoms with E-state index in [1.807, 2.05) is 40.9 Å². The number of amides is 1. The standard InChI is InChI=1S/C26H24N6OS/c33-25(12-17-2-1-8-27-15-17)32-10-6-18(7-11-32)23-14-20-21(5-9-28-26(20)31-23)30-19-3-4-22-24(13-19)34-16-29-22/h1-6,8-9,13,15-16,23H,7,10-12,14H2,(H2,28,30,31). The molecule has 0 fully saturated rings. The van der Waals surface area contributed by atoms with Crippen LogP contribution >= 0.6 is 11.3 Å². The van der Waals surface area contributed by atoms with Crippen LogP contribution in [0.15, 0.2) is 72.1 Å². The van der Waals surface area contributed by atoms with E-state index in [1.165, 1.54) is 15.8 Å². The number of carbonyl (C=O) groups is 1. The van der Waals surface area contributed by atoms with Crippen LogP contribution in [0.5, 0.6) is 0 Å². The summed E-state index contributed by atoms with van der Waals surface area (Å²) in [4.78, 5) is 27.7. The van der Waals surface area contributed by atoms with Gasteiger partial charge in [0.25, 0.3) is 0 Å². The second kappa shape index (κ2) is 8.87. The molecule has 5 heterocycles. The van der Waals surface area contributed by atoms with Crippen LogP contribution in [0.25, 0.3) is 10.2 Å². The maximum absolute atomic E-state index is 12.7. The minimum absolute atomic E-state index is 0.150. The fourth-order valence-corrected chi connectivity index (χ4v) is 5.41. The van der Waals surface area contributed by atoms with Crippen LogP contribution in [0.2, 0.25) is 0 Å². The molecule has 0 saturated heterocycles. The molecule has 0 bridgehead atoms. The first-order valence-electron chi connectivity index (χ1n) is 11.4. The summed E-state index contributed by atoms with van der Waals surface area (Å²) in [5.74, 6) is 1.09. The van der Waals surface area contributed by atoms with Gasteiger partial charge in [0.15, 0.2) is 0 Å². The van der Waals surface area contributed by atoms with Crippen LogP contribution < -0.4 is 10.6 Å². The summed E-state index contributed by atoms with van der Waals surface area (Å²) in [5, 5.41) is 7.18. The van der Waals surface area contributed by atoms with Gasteiger partial charge < -0.3 is 15.5 Å². The normalized spacial score (nSPS) is 17.2. The number of rotatable bonds is 5. The molecule has 1 amide bonds. The lowest BCUT2D eigenvalue weighted by Crippen LogP contribution is -2.38. The lowest BCUT2D eigenvalue weighted by Gasteiger charge is -2.29. The molecule has 3 aromatic heterocycles.